The molecular formula is C12H12O4. The van der Waals surface area contributed by atoms with Crippen molar-refractivity contribution in [3.05, 3.63) is 29.3 Å². The number of benzene rings is 1. The Hall–Kier alpha value is -1.97. The molecule has 0 saturated heterocycles. The maximum atomic E-state index is 10.8. The molecule has 2 rings (SSSR count). The van der Waals surface area contributed by atoms with Crippen molar-refractivity contribution in [1.82, 2.24) is 0 Å². The van der Waals surface area contributed by atoms with Crippen molar-refractivity contribution >= 4 is 12.0 Å². The summed E-state index contributed by atoms with van der Waals surface area (Å²) in [5.74, 6) is 0.472. The van der Waals surface area contributed by atoms with Crippen LogP contribution in [0.2, 0.25) is 0 Å². The predicted octanol–water partition coefficient (Wildman–Crippen LogP) is 2.29. The summed E-state index contributed by atoms with van der Waals surface area (Å²) in [4.78, 5) is 10.8. The monoisotopic (exact) mass is 220 g/mol. The SMILES string of the molecule is CC/C(=C\c1ccc2c(c1)OCO2)C(=O)O. The first-order chi connectivity index (χ1) is 7.70. The van der Waals surface area contributed by atoms with Gasteiger partial charge in [-0.25, -0.2) is 4.79 Å². The van der Waals surface area contributed by atoms with Crippen LogP contribution in [0.1, 0.15) is 18.9 Å². The van der Waals surface area contributed by atoms with Crippen LogP contribution in [0.25, 0.3) is 6.08 Å². The first-order valence-electron chi connectivity index (χ1n) is 5.04. The van der Waals surface area contributed by atoms with E-state index in [2.05, 4.69) is 0 Å². The lowest BCUT2D eigenvalue weighted by Crippen LogP contribution is -1.98. The molecule has 0 amide bonds. The van der Waals surface area contributed by atoms with E-state index in [4.69, 9.17) is 14.6 Å². The zero-order chi connectivity index (χ0) is 11.5. The van der Waals surface area contributed by atoms with E-state index in [1.54, 1.807) is 18.2 Å². The zero-order valence-corrected chi connectivity index (χ0v) is 8.90. The molecule has 4 nitrogen and oxygen atoms in total. The van der Waals surface area contributed by atoms with Crippen LogP contribution >= 0.6 is 0 Å². The molecule has 1 aliphatic heterocycles. The molecule has 1 aromatic carbocycles. The quantitative estimate of drug-likeness (QED) is 0.794. The number of aliphatic carboxylic acids is 1. The lowest BCUT2D eigenvalue weighted by Gasteiger charge is -2.00. The van der Waals surface area contributed by atoms with Gasteiger partial charge in [0, 0.05) is 5.57 Å². The Morgan fingerprint density at radius 2 is 2.19 bits per heavy atom. The highest BCUT2D eigenvalue weighted by Crippen LogP contribution is 2.33. The maximum absolute atomic E-state index is 10.8. The molecule has 1 aliphatic rings. The van der Waals surface area contributed by atoms with E-state index in [0.717, 1.165) is 5.56 Å². The van der Waals surface area contributed by atoms with Crippen molar-refractivity contribution in [3.8, 4) is 11.5 Å². The smallest absolute Gasteiger partial charge is 0.331 e. The minimum atomic E-state index is -0.889. The molecule has 1 heterocycles. The number of carbonyl (C=O) groups is 1. The Morgan fingerprint density at radius 1 is 1.44 bits per heavy atom. The minimum Gasteiger partial charge on any atom is -0.478 e. The van der Waals surface area contributed by atoms with Crippen LogP contribution < -0.4 is 9.47 Å². The van der Waals surface area contributed by atoms with Gasteiger partial charge < -0.3 is 14.6 Å². The van der Waals surface area contributed by atoms with Gasteiger partial charge in [-0.15, -0.1) is 0 Å². The van der Waals surface area contributed by atoms with Crippen LogP contribution in [-0.4, -0.2) is 17.9 Å². The first kappa shape index (κ1) is 10.5. The molecular weight excluding hydrogens is 208 g/mol. The van der Waals surface area contributed by atoms with E-state index >= 15 is 0 Å². The van der Waals surface area contributed by atoms with Gasteiger partial charge in [0.1, 0.15) is 0 Å². The molecule has 16 heavy (non-hydrogen) atoms. The van der Waals surface area contributed by atoms with Gasteiger partial charge in [0.05, 0.1) is 0 Å². The molecule has 0 aliphatic carbocycles. The molecule has 0 spiro atoms. The van der Waals surface area contributed by atoms with Crippen molar-refractivity contribution in [2.75, 3.05) is 6.79 Å². The van der Waals surface area contributed by atoms with Gasteiger partial charge in [-0.05, 0) is 30.2 Å². The van der Waals surface area contributed by atoms with Crippen LogP contribution in [0, 0.1) is 0 Å². The van der Waals surface area contributed by atoms with Crippen molar-refractivity contribution in [2.45, 2.75) is 13.3 Å². The topological polar surface area (TPSA) is 55.8 Å². The van der Waals surface area contributed by atoms with E-state index in [0.29, 0.717) is 23.5 Å². The van der Waals surface area contributed by atoms with E-state index < -0.39 is 5.97 Å². The highest BCUT2D eigenvalue weighted by molar-refractivity contribution is 5.92. The lowest BCUT2D eigenvalue weighted by atomic mass is 10.1. The standard InChI is InChI=1S/C12H12O4/c1-2-9(12(13)14)5-8-3-4-10-11(6-8)16-7-15-10/h3-6H,2,7H2,1H3,(H,13,14)/b9-5+. The summed E-state index contributed by atoms with van der Waals surface area (Å²) in [7, 11) is 0. The van der Waals surface area contributed by atoms with E-state index in [-0.39, 0.29) is 6.79 Å². The Bertz CT molecular complexity index is 448. The van der Waals surface area contributed by atoms with Crippen LogP contribution in [0.3, 0.4) is 0 Å². The van der Waals surface area contributed by atoms with Gasteiger partial charge in [0.15, 0.2) is 11.5 Å². The van der Waals surface area contributed by atoms with Gasteiger partial charge in [-0.3, -0.25) is 0 Å². The summed E-state index contributed by atoms with van der Waals surface area (Å²) in [6.45, 7) is 2.04. The molecule has 4 heteroatoms. The van der Waals surface area contributed by atoms with Gasteiger partial charge in [0.25, 0.3) is 0 Å². The molecule has 84 valence electrons. The fourth-order valence-electron chi connectivity index (χ4n) is 1.52. The van der Waals surface area contributed by atoms with Crippen LogP contribution in [0.15, 0.2) is 23.8 Å². The number of hydrogen-bond donors (Lipinski definition) is 1. The molecule has 0 aromatic heterocycles. The van der Waals surface area contributed by atoms with Gasteiger partial charge in [0.2, 0.25) is 6.79 Å². The van der Waals surface area contributed by atoms with Crippen LogP contribution in [0.4, 0.5) is 0 Å². The molecule has 0 fully saturated rings. The number of hydrogen-bond acceptors (Lipinski definition) is 3. The highest BCUT2D eigenvalue weighted by Gasteiger charge is 2.13. The van der Waals surface area contributed by atoms with E-state index in [9.17, 15) is 4.79 Å². The lowest BCUT2D eigenvalue weighted by molar-refractivity contribution is -0.132. The van der Waals surface area contributed by atoms with Crippen molar-refractivity contribution in [3.63, 3.8) is 0 Å². The molecule has 1 N–H and O–H groups in total. The molecule has 0 unspecified atom stereocenters. The maximum Gasteiger partial charge on any atom is 0.331 e. The number of carboxylic acids is 1. The predicted molar refractivity (Wildman–Crippen MR) is 58.5 cm³/mol. The Kier molecular flexibility index (Phi) is 2.81. The third kappa shape index (κ3) is 2.00. The Morgan fingerprint density at radius 3 is 2.88 bits per heavy atom. The zero-order valence-electron chi connectivity index (χ0n) is 8.90. The molecule has 0 saturated carbocycles. The molecule has 0 radical (unpaired) electrons. The number of carboxylic acid groups (broad SMARTS) is 1. The summed E-state index contributed by atoms with van der Waals surface area (Å²) >= 11 is 0. The second-order valence-electron chi connectivity index (χ2n) is 3.44. The fraction of sp³-hybridized carbons (Fsp3) is 0.250. The van der Waals surface area contributed by atoms with Gasteiger partial charge in [-0.2, -0.15) is 0 Å². The van der Waals surface area contributed by atoms with E-state index in [1.165, 1.54) is 0 Å². The summed E-state index contributed by atoms with van der Waals surface area (Å²) in [6.07, 6.45) is 2.13. The number of rotatable bonds is 3. The third-order valence-electron chi connectivity index (χ3n) is 2.39. The summed E-state index contributed by atoms with van der Waals surface area (Å²) in [5, 5.41) is 8.90. The summed E-state index contributed by atoms with van der Waals surface area (Å²) < 4.78 is 10.4. The van der Waals surface area contributed by atoms with Crippen LogP contribution in [0.5, 0.6) is 11.5 Å². The normalized spacial score (nSPS) is 13.9. The molecule has 0 bridgehead atoms. The van der Waals surface area contributed by atoms with Crippen molar-refractivity contribution < 1.29 is 19.4 Å². The van der Waals surface area contributed by atoms with Crippen molar-refractivity contribution in [2.24, 2.45) is 0 Å². The first-order valence-corrected chi connectivity index (χ1v) is 5.04. The summed E-state index contributed by atoms with van der Waals surface area (Å²) in [6, 6.07) is 5.37. The second-order valence-corrected chi connectivity index (χ2v) is 3.44. The largest absolute Gasteiger partial charge is 0.478 e. The molecule has 1 aromatic rings. The Balaban J connectivity index is 2.31. The van der Waals surface area contributed by atoms with E-state index in [1.807, 2.05) is 13.0 Å². The minimum absolute atomic E-state index is 0.224. The average Bonchev–Trinajstić information content (AvgIpc) is 2.72. The fourth-order valence-corrected chi connectivity index (χ4v) is 1.52. The average molecular weight is 220 g/mol. The number of fused-ring (bicyclic) bond motifs is 1. The van der Waals surface area contributed by atoms with Crippen molar-refractivity contribution in [1.29, 1.82) is 0 Å². The number of ether oxygens (including phenoxy) is 2. The third-order valence-corrected chi connectivity index (χ3v) is 2.39. The molecule has 0 atom stereocenters. The van der Waals surface area contributed by atoms with Crippen LogP contribution in [-0.2, 0) is 4.79 Å². The van der Waals surface area contributed by atoms with Gasteiger partial charge >= 0.3 is 5.97 Å². The second kappa shape index (κ2) is 4.26. The Labute approximate surface area is 93.1 Å². The highest BCUT2D eigenvalue weighted by atomic mass is 16.7. The summed E-state index contributed by atoms with van der Waals surface area (Å²) in [5.41, 5.74) is 1.18. The van der Waals surface area contributed by atoms with Gasteiger partial charge in [-0.1, -0.05) is 13.0 Å².